The Kier molecular flexibility index (Phi) is 2.14. The maximum Gasteiger partial charge on any atom is 0.175 e. The molecule has 0 aromatic carbocycles. The van der Waals surface area contributed by atoms with E-state index in [9.17, 15) is 4.79 Å². The van der Waals surface area contributed by atoms with Gasteiger partial charge in [0.05, 0.1) is 6.26 Å². The fraction of sp³-hybridized carbons (Fsp3) is 0.308. The first-order chi connectivity index (χ1) is 7.04. The number of carbonyl (C=O) groups is 1. The minimum absolute atomic E-state index is 0.114. The summed E-state index contributed by atoms with van der Waals surface area (Å²) in [5.41, 5.74) is 1.26. The van der Waals surface area contributed by atoms with E-state index >= 15 is 0 Å². The highest BCUT2D eigenvalue weighted by atomic mass is 16.3. The predicted octanol–water partition coefficient (Wildman–Crippen LogP) is 3.01. The maximum atomic E-state index is 12.1. The van der Waals surface area contributed by atoms with Gasteiger partial charge in [0.15, 0.2) is 5.78 Å². The second kappa shape index (κ2) is 3.23. The second-order valence-corrected chi connectivity index (χ2v) is 4.22. The van der Waals surface area contributed by atoms with Crippen LogP contribution in [0.25, 0.3) is 0 Å². The number of carbonyl (C=O) groups excluding carboxylic acids is 1. The van der Waals surface area contributed by atoms with Gasteiger partial charge in [0.2, 0.25) is 0 Å². The van der Waals surface area contributed by atoms with E-state index in [-0.39, 0.29) is 5.78 Å². The van der Waals surface area contributed by atoms with Crippen molar-refractivity contribution in [3.63, 3.8) is 0 Å². The number of hydrogen-bond acceptors (Lipinski definition) is 2. The third-order valence-electron chi connectivity index (χ3n) is 2.82. The molecule has 0 radical (unpaired) electrons. The summed E-state index contributed by atoms with van der Waals surface area (Å²) in [5, 5.41) is 0. The van der Waals surface area contributed by atoms with E-state index in [1.54, 1.807) is 6.26 Å². The standard InChI is InChI=1S/C13H14O2/c1-9-7-10(2)12(14)13(3,8-9)11-5-4-6-15-11/h4-8H,1-3H3. The van der Waals surface area contributed by atoms with Crippen LogP contribution in [0, 0.1) is 0 Å². The molecule has 1 aromatic rings. The molecule has 0 saturated heterocycles. The van der Waals surface area contributed by atoms with Crippen molar-refractivity contribution < 1.29 is 9.21 Å². The van der Waals surface area contributed by atoms with Crippen LogP contribution in [0.1, 0.15) is 26.5 Å². The molecule has 0 saturated carbocycles. The van der Waals surface area contributed by atoms with Gasteiger partial charge in [-0.2, -0.15) is 0 Å². The average molecular weight is 202 g/mol. The number of hydrogen-bond donors (Lipinski definition) is 0. The quantitative estimate of drug-likeness (QED) is 0.700. The lowest BCUT2D eigenvalue weighted by Gasteiger charge is -2.26. The lowest BCUT2D eigenvalue weighted by atomic mass is 9.75. The summed E-state index contributed by atoms with van der Waals surface area (Å²) in [6.07, 6.45) is 5.47. The minimum atomic E-state index is -0.633. The first kappa shape index (κ1) is 9.97. The molecule has 0 bridgehead atoms. The molecule has 0 amide bonds. The van der Waals surface area contributed by atoms with Gasteiger partial charge in [-0.25, -0.2) is 0 Å². The molecule has 0 spiro atoms. The zero-order valence-electron chi connectivity index (χ0n) is 9.20. The van der Waals surface area contributed by atoms with E-state index in [2.05, 4.69) is 0 Å². The maximum absolute atomic E-state index is 12.1. The summed E-state index contributed by atoms with van der Waals surface area (Å²) in [7, 11) is 0. The van der Waals surface area contributed by atoms with E-state index < -0.39 is 5.41 Å². The van der Waals surface area contributed by atoms with E-state index in [4.69, 9.17) is 4.42 Å². The van der Waals surface area contributed by atoms with Crippen molar-refractivity contribution in [3.05, 3.63) is 47.5 Å². The molecule has 1 aliphatic carbocycles. The molecular formula is C13H14O2. The Morgan fingerprint density at radius 1 is 1.33 bits per heavy atom. The lowest BCUT2D eigenvalue weighted by molar-refractivity contribution is -0.119. The van der Waals surface area contributed by atoms with E-state index in [1.807, 2.05) is 45.1 Å². The molecule has 2 nitrogen and oxygen atoms in total. The highest BCUT2D eigenvalue weighted by Gasteiger charge is 2.38. The van der Waals surface area contributed by atoms with E-state index in [0.29, 0.717) is 5.76 Å². The van der Waals surface area contributed by atoms with Crippen LogP contribution in [0.4, 0.5) is 0 Å². The van der Waals surface area contributed by atoms with Gasteiger partial charge in [-0.3, -0.25) is 4.79 Å². The first-order valence-electron chi connectivity index (χ1n) is 5.00. The highest BCUT2D eigenvalue weighted by molar-refractivity contribution is 6.05. The zero-order valence-corrected chi connectivity index (χ0v) is 9.20. The Morgan fingerprint density at radius 3 is 2.67 bits per heavy atom. The Labute approximate surface area is 89.3 Å². The molecule has 0 N–H and O–H groups in total. The van der Waals surface area contributed by atoms with Crippen molar-refractivity contribution >= 4 is 5.78 Å². The zero-order chi connectivity index (χ0) is 11.1. The van der Waals surface area contributed by atoms with Gasteiger partial charge < -0.3 is 4.42 Å². The molecule has 1 atom stereocenters. The smallest absolute Gasteiger partial charge is 0.175 e. The van der Waals surface area contributed by atoms with E-state index in [0.717, 1.165) is 11.1 Å². The highest BCUT2D eigenvalue weighted by Crippen LogP contribution is 2.34. The van der Waals surface area contributed by atoms with Gasteiger partial charge in [-0.05, 0) is 38.5 Å². The normalized spacial score (nSPS) is 26.2. The second-order valence-electron chi connectivity index (χ2n) is 4.22. The van der Waals surface area contributed by atoms with Crippen molar-refractivity contribution in [1.82, 2.24) is 0 Å². The van der Waals surface area contributed by atoms with Gasteiger partial charge in [0.25, 0.3) is 0 Å². The number of furan rings is 1. The van der Waals surface area contributed by atoms with Crippen molar-refractivity contribution in [1.29, 1.82) is 0 Å². The minimum Gasteiger partial charge on any atom is -0.468 e. The van der Waals surface area contributed by atoms with Crippen molar-refractivity contribution in [2.24, 2.45) is 0 Å². The number of Topliss-reactive ketones (excluding diaryl/α,β-unsaturated/α-hetero) is 1. The fourth-order valence-corrected chi connectivity index (χ4v) is 2.14. The summed E-state index contributed by atoms with van der Waals surface area (Å²) < 4.78 is 5.35. The first-order valence-corrected chi connectivity index (χ1v) is 5.00. The molecule has 0 fully saturated rings. The monoisotopic (exact) mass is 202 g/mol. The summed E-state index contributed by atoms with van der Waals surface area (Å²) in [6, 6.07) is 3.66. The van der Waals surface area contributed by atoms with Gasteiger partial charge in [-0.15, -0.1) is 0 Å². The number of rotatable bonds is 1. The van der Waals surface area contributed by atoms with Gasteiger partial charge in [0.1, 0.15) is 11.2 Å². The molecular weight excluding hydrogens is 188 g/mol. The third kappa shape index (κ3) is 1.46. The Bertz CT molecular complexity index is 449. The van der Waals surface area contributed by atoms with Crippen LogP contribution in [-0.4, -0.2) is 5.78 Å². The molecule has 78 valence electrons. The summed E-state index contributed by atoms with van der Waals surface area (Å²) in [5.74, 6) is 0.822. The molecule has 0 aliphatic heterocycles. The summed E-state index contributed by atoms with van der Waals surface area (Å²) >= 11 is 0. The van der Waals surface area contributed by atoms with Crippen molar-refractivity contribution in [3.8, 4) is 0 Å². The van der Waals surface area contributed by atoms with Crippen molar-refractivity contribution in [2.45, 2.75) is 26.2 Å². The van der Waals surface area contributed by atoms with Gasteiger partial charge in [0, 0.05) is 0 Å². The Hall–Kier alpha value is -1.57. The summed E-state index contributed by atoms with van der Waals surface area (Å²) in [6.45, 7) is 5.74. The van der Waals surface area contributed by atoms with Crippen molar-refractivity contribution in [2.75, 3.05) is 0 Å². The molecule has 2 heteroatoms. The number of allylic oxidation sites excluding steroid dienone is 4. The molecule has 15 heavy (non-hydrogen) atoms. The van der Waals surface area contributed by atoms with Crippen LogP contribution in [0.15, 0.2) is 46.1 Å². The third-order valence-corrected chi connectivity index (χ3v) is 2.82. The van der Waals surface area contributed by atoms with Gasteiger partial charge >= 0.3 is 0 Å². The van der Waals surface area contributed by atoms with Crippen LogP contribution >= 0.6 is 0 Å². The average Bonchev–Trinajstić information content (AvgIpc) is 2.67. The Balaban J connectivity index is 2.54. The van der Waals surface area contributed by atoms with Crippen LogP contribution < -0.4 is 0 Å². The molecule has 1 aliphatic rings. The predicted molar refractivity (Wildman–Crippen MR) is 58.6 cm³/mol. The van der Waals surface area contributed by atoms with Crippen LogP contribution in [-0.2, 0) is 10.2 Å². The lowest BCUT2D eigenvalue weighted by Crippen LogP contribution is -2.33. The van der Waals surface area contributed by atoms with Gasteiger partial charge in [-0.1, -0.05) is 17.7 Å². The van der Waals surface area contributed by atoms with Crippen LogP contribution in [0.3, 0.4) is 0 Å². The fourth-order valence-electron chi connectivity index (χ4n) is 2.14. The molecule has 2 rings (SSSR count). The molecule has 1 unspecified atom stereocenters. The SMILES string of the molecule is CC1=CC(C)(c2ccco2)C(=O)C(C)=C1. The van der Waals surface area contributed by atoms with E-state index in [1.165, 1.54) is 0 Å². The van der Waals surface area contributed by atoms with Crippen LogP contribution in [0.5, 0.6) is 0 Å². The number of ketones is 1. The Morgan fingerprint density at radius 2 is 2.07 bits per heavy atom. The molecule has 1 heterocycles. The largest absolute Gasteiger partial charge is 0.468 e. The molecule has 1 aromatic heterocycles. The van der Waals surface area contributed by atoms with Crippen LogP contribution in [0.2, 0.25) is 0 Å². The summed E-state index contributed by atoms with van der Waals surface area (Å²) in [4.78, 5) is 12.1. The topological polar surface area (TPSA) is 30.2 Å².